The minimum atomic E-state index is -3.47. The summed E-state index contributed by atoms with van der Waals surface area (Å²) in [5.41, 5.74) is 0.952. The predicted octanol–water partition coefficient (Wildman–Crippen LogP) is 2.46. The van der Waals surface area contributed by atoms with Crippen molar-refractivity contribution >= 4 is 27.6 Å². The summed E-state index contributed by atoms with van der Waals surface area (Å²) in [6, 6.07) is 11.2. The largest absolute Gasteiger partial charge is 0.423 e. The average Bonchev–Trinajstić information content (AvgIpc) is 2.73. The quantitative estimate of drug-likeness (QED) is 0.424. The predicted molar refractivity (Wildman–Crippen MR) is 107 cm³/mol. The summed E-state index contributed by atoms with van der Waals surface area (Å²) in [4.78, 5) is 26.4. The molecule has 30 heavy (non-hydrogen) atoms. The third-order valence-corrected chi connectivity index (χ3v) is 5.66. The van der Waals surface area contributed by atoms with E-state index in [-0.39, 0.29) is 35.2 Å². The van der Waals surface area contributed by atoms with Crippen LogP contribution in [0.1, 0.15) is 15.9 Å². The van der Waals surface area contributed by atoms with Gasteiger partial charge in [0.2, 0.25) is 0 Å². The number of carbonyl (C=O) groups excluding carboxylic acids is 2. The second-order valence-corrected chi connectivity index (χ2v) is 8.35. The Kier molecular flexibility index (Phi) is 5.04. The van der Waals surface area contributed by atoms with Crippen molar-refractivity contribution in [1.82, 2.24) is 4.90 Å². The highest BCUT2D eigenvalue weighted by molar-refractivity contribution is 7.90. The minimum absolute atomic E-state index is 0.132. The number of benzene rings is 2. The highest BCUT2D eigenvalue weighted by Crippen LogP contribution is 2.20. The topological polar surface area (TPSA) is 93.1 Å². The first-order valence-electron chi connectivity index (χ1n) is 8.92. The van der Waals surface area contributed by atoms with Gasteiger partial charge in [-0.05, 0) is 60.7 Å². The van der Waals surface area contributed by atoms with Crippen LogP contribution in [-0.4, -0.2) is 43.2 Å². The number of ketones is 1. The zero-order valence-electron chi connectivity index (χ0n) is 15.5. The van der Waals surface area contributed by atoms with Crippen molar-refractivity contribution in [3.8, 4) is 5.75 Å². The molecule has 2 aliphatic rings. The van der Waals surface area contributed by atoms with Crippen LogP contribution in [0.4, 0.5) is 4.39 Å². The second kappa shape index (κ2) is 7.68. The maximum absolute atomic E-state index is 13.0. The number of carbonyl (C=O) groups is 2. The first kappa shape index (κ1) is 19.7. The number of halogens is 1. The van der Waals surface area contributed by atoms with Gasteiger partial charge in [-0.15, -0.1) is 4.40 Å². The Labute approximate surface area is 171 Å². The smallest absolute Gasteiger partial charge is 0.345 e. The summed E-state index contributed by atoms with van der Waals surface area (Å²) in [7, 11) is -3.47. The van der Waals surface area contributed by atoms with Crippen LogP contribution in [-0.2, 0) is 14.8 Å². The van der Waals surface area contributed by atoms with Crippen molar-refractivity contribution in [1.29, 1.82) is 0 Å². The molecule has 7 nitrogen and oxygen atoms in total. The molecular weight excluding hydrogens is 411 g/mol. The lowest BCUT2D eigenvalue weighted by molar-refractivity contribution is -0.129. The third kappa shape index (κ3) is 4.20. The summed E-state index contributed by atoms with van der Waals surface area (Å²) in [5.74, 6) is -0.974. The lowest BCUT2D eigenvalue weighted by Gasteiger charge is -2.26. The van der Waals surface area contributed by atoms with Crippen LogP contribution >= 0.6 is 0 Å². The van der Waals surface area contributed by atoms with Gasteiger partial charge in [-0.25, -0.2) is 17.6 Å². The number of amidine groups is 1. The molecule has 0 radical (unpaired) electrons. The zero-order chi connectivity index (χ0) is 21.3. The number of nitrogens with zero attached hydrogens (tertiary/aromatic N) is 2. The minimum Gasteiger partial charge on any atom is -0.423 e. The van der Waals surface area contributed by atoms with E-state index in [0.29, 0.717) is 11.1 Å². The van der Waals surface area contributed by atoms with Crippen LogP contribution in [0.2, 0.25) is 0 Å². The summed E-state index contributed by atoms with van der Waals surface area (Å²) in [6.45, 7) is 0.197. The summed E-state index contributed by atoms with van der Waals surface area (Å²) in [6.07, 6.45) is 4.37. The van der Waals surface area contributed by atoms with E-state index in [9.17, 15) is 22.4 Å². The number of hydrogen-bond acceptors (Lipinski definition) is 6. The fourth-order valence-electron chi connectivity index (χ4n) is 2.93. The molecule has 2 aromatic carbocycles. The van der Waals surface area contributed by atoms with Gasteiger partial charge in [-0.2, -0.15) is 0 Å². The van der Waals surface area contributed by atoms with Crippen molar-refractivity contribution in [2.75, 3.05) is 12.3 Å². The maximum Gasteiger partial charge on any atom is 0.345 e. The lowest BCUT2D eigenvalue weighted by Crippen LogP contribution is -2.37. The molecule has 0 bridgehead atoms. The third-order valence-electron chi connectivity index (χ3n) is 4.49. The van der Waals surface area contributed by atoms with Crippen molar-refractivity contribution < 1.29 is 27.1 Å². The molecule has 4 rings (SSSR count). The number of ether oxygens (including phenoxy) is 1. The van der Waals surface area contributed by atoms with Crippen LogP contribution in [0.5, 0.6) is 5.75 Å². The molecule has 0 fully saturated rings. The van der Waals surface area contributed by atoms with E-state index in [2.05, 4.69) is 4.40 Å². The molecule has 2 aliphatic heterocycles. The number of sulfonamides is 1. The Morgan fingerprint density at radius 1 is 0.967 bits per heavy atom. The van der Waals surface area contributed by atoms with Gasteiger partial charge in [0.15, 0.2) is 5.78 Å². The lowest BCUT2D eigenvalue weighted by atomic mass is 10.0. The molecule has 0 aliphatic carbocycles. The molecule has 0 spiro atoms. The standard InChI is InChI=1S/C21H15FN2O5S/c22-17-6-1-14(2-7-17)20(25)15-3-8-18(9-4-15)29-21(26)16-5-10-19-23-30(27,28)12-11-24(19)13-16/h1-10,13H,11-12H2. The molecule has 2 heterocycles. The summed E-state index contributed by atoms with van der Waals surface area (Å²) < 4.78 is 45.1. The van der Waals surface area contributed by atoms with Gasteiger partial charge in [-0.1, -0.05) is 0 Å². The first-order chi connectivity index (χ1) is 14.3. The normalized spacial score (nSPS) is 16.9. The second-order valence-electron chi connectivity index (χ2n) is 6.60. The first-order valence-corrected chi connectivity index (χ1v) is 10.5. The summed E-state index contributed by atoms with van der Waals surface area (Å²) in [5, 5.41) is 0. The fourth-order valence-corrected chi connectivity index (χ4v) is 3.90. The molecule has 0 N–H and O–H groups in total. The van der Waals surface area contributed by atoms with Crippen molar-refractivity contribution in [3.05, 3.63) is 89.4 Å². The SMILES string of the molecule is O=C(Oc1ccc(C(=O)c2ccc(F)cc2)cc1)C1=CN2CCS(=O)(=O)N=C2C=C1. The Balaban J connectivity index is 1.44. The average molecular weight is 426 g/mol. The van der Waals surface area contributed by atoms with Gasteiger partial charge in [0.05, 0.1) is 11.3 Å². The number of rotatable bonds is 4. The van der Waals surface area contributed by atoms with Crippen LogP contribution in [0.3, 0.4) is 0 Å². The van der Waals surface area contributed by atoms with Gasteiger partial charge < -0.3 is 9.64 Å². The van der Waals surface area contributed by atoms with Crippen LogP contribution in [0, 0.1) is 5.82 Å². The van der Waals surface area contributed by atoms with E-state index in [0.717, 1.165) is 0 Å². The molecule has 0 aromatic heterocycles. The molecule has 0 atom stereocenters. The van der Waals surface area contributed by atoms with E-state index in [1.165, 1.54) is 66.9 Å². The Bertz CT molecular complexity index is 1210. The Morgan fingerprint density at radius 3 is 2.27 bits per heavy atom. The van der Waals surface area contributed by atoms with Gasteiger partial charge >= 0.3 is 5.97 Å². The van der Waals surface area contributed by atoms with Gasteiger partial charge in [-0.3, -0.25) is 4.79 Å². The fraction of sp³-hybridized carbons (Fsp3) is 0.0952. The number of fused-ring (bicyclic) bond motifs is 1. The number of hydrogen-bond donors (Lipinski definition) is 0. The van der Waals surface area contributed by atoms with E-state index < -0.39 is 21.8 Å². The molecular formula is C21H15FN2O5S. The van der Waals surface area contributed by atoms with E-state index >= 15 is 0 Å². The monoisotopic (exact) mass is 426 g/mol. The van der Waals surface area contributed by atoms with Gasteiger partial charge in [0.1, 0.15) is 17.4 Å². The van der Waals surface area contributed by atoms with Gasteiger partial charge in [0, 0.05) is 23.9 Å². The van der Waals surface area contributed by atoms with Crippen molar-refractivity contribution in [2.45, 2.75) is 0 Å². The van der Waals surface area contributed by atoms with Gasteiger partial charge in [0.25, 0.3) is 10.0 Å². The maximum atomic E-state index is 13.0. The van der Waals surface area contributed by atoms with Crippen LogP contribution < -0.4 is 4.74 Å². The Morgan fingerprint density at radius 2 is 1.60 bits per heavy atom. The Hall–Kier alpha value is -3.59. The van der Waals surface area contributed by atoms with E-state index in [1.807, 2.05) is 0 Å². The van der Waals surface area contributed by atoms with Crippen molar-refractivity contribution in [3.63, 3.8) is 0 Å². The summed E-state index contributed by atoms with van der Waals surface area (Å²) >= 11 is 0. The van der Waals surface area contributed by atoms with Crippen LogP contribution in [0.15, 0.2) is 76.9 Å². The van der Waals surface area contributed by atoms with E-state index in [4.69, 9.17) is 4.74 Å². The molecule has 0 saturated heterocycles. The van der Waals surface area contributed by atoms with Crippen LogP contribution in [0.25, 0.3) is 0 Å². The highest BCUT2D eigenvalue weighted by Gasteiger charge is 2.25. The molecule has 152 valence electrons. The molecule has 0 amide bonds. The zero-order valence-corrected chi connectivity index (χ0v) is 16.3. The number of esters is 1. The van der Waals surface area contributed by atoms with E-state index in [1.54, 1.807) is 4.90 Å². The molecule has 0 unspecified atom stereocenters. The molecule has 2 aromatic rings. The molecule has 9 heteroatoms. The highest BCUT2D eigenvalue weighted by atomic mass is 32.2. The molecule has 0 saturated carbocycles. The van der Waals surface area contributed by atoms with Crippen molar-refractivity contribution in [2.24, 2.45) is 4.40 Å².